The summed E-state index contributed by atoms with van der Waals surface area (Å²) >= 11 is 1.33. The van der Waals surface area contributed by atoms with Crippen LogP contribution < -0.4 is 11.1 Å². The lowest BCUT2D eigenvalue weighted by atomic mass is 10.0. The van der Waals surface area contributed by atoms with Crippen molar-refractivity contribution in [3.63, 3.8) is 0 Å². The van der Waals surface area contributed by atoms with Crippen molar-refractivity contribution in [2.45, 2.75) is 56.1 Å². The van der Waals surface area contributed by atoms with Crippen LogP contribution in [0.3, 0.4) is 0 Å². The number of fused-ring (bicyclic) bond motifs is 1. The number of benzene rings is 1. The van der Waals surface area contributed by atoms with Crippen LogP contribution in [0.2, 0.25) is 0 Å². The van der Waals surface area contributed by atoms with Crippen LogP contribution in [0, 0.1) is 0 Å². The lowest BCUT2D eigenvalue weighted by Gasteiger charge is -2.10. The second-order valence-electron chi connectivity index (χ2n) is 7.47. The van der Waals surface area contributed by atoms with Crippen molar-refractivity contribution in [2.24, 2.45) is 5.73 Å². The van der Waals surface area contributed by atoms with Crippen molar-refractivity contribution in [3.05, 3.63) is 35.2 Å². The van der Waals surface area contributed by atoms with Gasteiger partial charge in [0, 0.05) is 36.6 Å². The number of nitrogens with one attached hydrogen (secondary N) is 1. The number of primary amides is 1. The number of Topliss-reactive ketones (excluding diaryl/α,β-unsaturated/α-hetero) is 1. The molecule has 0 atom stereocenters. The van der Waals surface area contributed by atoms with Crippen LogP contribution in [-0.4, -0.2) is 38.1 Å². The first-order chi connectivity index (χ1) is 14.0. The molecule has 2 amide bonds. The van der Waals surface area contributed by atoms with Gasteiger partial charge in [0.15, 0.2) is 10.9 Å². The summed E-state index contributed by atoms with van der Waals surface area (Å²) in [6.07, 6.45) is 4.41. The lowest BCUT2D eigenvalue weighted by molar-refractivity contribution is -0.118. The van der Waals surface area contributed by atoms with Crippen LogP contribution >= 0.6 is 11.8 Å². The topological polar surface area (TPSA) is 120 Å². The first kappa shape index (κ1) is 19.6. The Morgan fingerprint density at radius 2 is 2.07 bits per heavy atom. The SMILES string of the molecule is NC(=O)CCn1c(SCC(=O)c2ccc3c(c2)CCCC(=O)N3)nnc1C1CC1. The third-order valence-corrected chi connectivity index (χ3v) is 6.12. The van der Waals surface area contributed by atoms with Crippen molar-refractivity contribution in [1.29, 1.82) is 0 Å². The number of anilines is 1. The van der Waals surface area contributed by atoms with E-state index >= 15 is 0 Å². The van der Waals surface area contributed by atoms with Gasteiger partial charge >= 0.3 is 0 Å². The number of carbonyl (C=O) groups is 3. The zero-order valence-electron chi connectivity index (χ0n) is 16.0. The minimum absolute atomic E-state index is 0.00852. The van der Waals surface area contributed by atoms with E-state index in [0.717, 1.165) is 42.8 Å². The molecule has 4 rings (SSSR count). The number of aromatic nitrogens is 3. The van der Waals surface area contributed by atoms with Gasteiger partial charge in [0.1, 0.15) is 5.82 Å². The van der Waals surface area contributed by atoms with Crippen molar-refractivity contribution < 1.29 is 14.4 Å². The molecule has 1 saturated carbocycles. The first-order valence-corrected chi connectivity index (χ1v) is 10.8. The molecule has 1 aliphatic heterocycles. The first-order valence-electron chi connectivity index (χ1n) is 9.81. The molecule has 1 aliphatic carbocycles. The Bertz CT molecular complexity index is 967. The van der Waals surface area contributed by atoms with E-state index < -0.39 is 0 Å². The fourth-order valence-electron chi connectivity index (χ4n) is 3.44. The molecule has 9 heteroatoms. The molecule has 0 spiro atoms. The van der Waals surface area contributed by atoms with E-state index in [9.17, 15) is 14.4 Å². The molecule has 0 bridgehead atoms. The highest BCUT2D eigenvalue weighted by Gasteiger charge is 2.30. The van der Waals surface area contributed by atoms with Crippen LogP contribution in [0.25, 0.3) is 0 Å². The summed E-state index contributed by atoms with van der Waals surface area (Å²) in [7, 11) is 0. The monoisotopic (exact) mass is 413 g/mol. The van der Waals surface area contributed by atoms with Gasteiger partial charge in [-0.15, -0.1) is 10.2 Å². The number of carbonyl (C=O) groups excluding carboxylic acids is 3. The minimum atomic E-state index is -0.371. The lowest BCUT2D eigenvalue weighted by Crippen LogP contribution is -2.16. The second-order valence-corrected chi connectivity index (χ2v) is 8.41. The summed E-state index contributed by atoms with van der Waals surface area (Å²) in [6, 6.07) is 5.43. The van der Waals surface area contributed by atoms with Crippen LogP contribution in [0.1, 0.15) is 59.8 Å². The molecule has 1 fully saturated rings. The molecule has 152 valence electrons. The van der Waals surface area contributed by atoms with E-state index in [1.807, 2.05) is 10.6 Å². The van der Waals surface area contributed by atoms with E-state index in [2.05, 4.69) is 15.5 Å². The van der Waals surface area contributed by atoms with E-state index in [0.29, 0.717) is 29.6 Å². The quantitative estimate of drug-likeness (QED) is 0.506. The minimum Gasteiger partial charge on any atom is -0.370 e. The summed E-state index contributed by atoms with van der Waals surface area (Å²) in [5.41, 5.74) is 7.70. The average Bonchev–Trinajstić information content (AvgIpc) is 3.48. The number of aryl methyl sites for hydroxylation is 1. The number of rotatable bonds is 8. The molecule has 0 saturated heterocycles. The van der Waals surface area contributed by atoms with Gasteiger partial charge in [0.05, 0.1) is 5.75 Å². The van der Waals surface area contributed by atoms with Crippen LogP contribution in [0.15, 0.2) is 23.4 Å². The number of ketones is 1. The van der Waals surface area contributed by atoms with Crippen LogP contribution in [0.5, 0.6) is 0 Å². The molecule has 0 radical (unpaired) electrons. The molecule has 0 unspecified atom stereocenters. The molecule has 3 N–H and O–H groups in total. The largest absolute Gasteiger partial charge is 0.370 e. The summed E-state index contributed by atoms with van der Waals surface area (Å²) in [4.78, 5) is 35.6. The van der Waals surface area contributed by atoms with Crippen molar-refractivity contribution in [2.75, 3.05) is 11.1 Å². The van der Waals surface area contributed by atoms with E-state index in [-0.39, 0.29) is 29.8 Å². The van der Waals surface area contributed by atoms with Crippen LogP contribution in [0.4, 0.5) is 5.69 Å². The normalized spacial score (nSPS) is 16.1. The van der Waals surface area contributed by atoms with Crippen LogP contribution in [-0.2, 0) is 22.6 Å². The third kappa shape index (κ3) is 4.67. The summed E-state index contributed by atoms with van der Waals surface area (Å²) in [5, 5.41) is 12.0. The number of hydrogen-bond donors (Lipinski definition) is 2. The molecule has 1 aromatic heterocycles. The van der Waals surface area contributed by atoms with Crippen molar-refractivity contribution >= 4 is 35.0 Å². The molecule has 2 heterocycles. The number of amides is 2. The Kier molecular flexibility index (Phi) is 5.66. The number of hydrogen-bond acceptors (Lipinski definition) is 6. The maximum absolute atomic E-state index is 12.7. The van der Waals surface area contributed by atoms with Gasteiger partial charge in [-0.3, -0.25) is 14.4 Å². The average molecular weight is 414 g/mol. The highest BCUT2D eigenvalue weighted by atomic mass is 32.2. The van der Waals surface area contributed by atoms with E-state index in [1.165, 1.54) is 11.8 Å². The number of thioether (sulfide) groups is 1. The molecular formula is C20H23N5O3S. The van der Waals surface area contributed by atoms with E-state index in [1.54, 1.807) is 12.1 Å². The smallest absolute Gasteiger partial charge is 0.224 e. The van der Waals surface area contributed by atoms with Crippen molar-refractivity contribution in [3.8, 4) is 0 Å². The van der Waals surface area contributed by atoms with Gasteiger partial charge in [-0.1, -0.05) is 11.8 Å². The third-order valence-electron chi connectivity index (χ3n) is 5.15. The molecule has 2 aliphatic rings. The molecule has 29 heavy (non-hydrogen) atoms. The summed E-state index contributed by atoms with van der Waals surface area (Å²) < 4.78 is 1.92. The predicted molar refractivity (Wildman–Crippen MR) is 109 cm³/mol. The van der Waals surface area contributed by atoms with Gasteiger partial charge < -0.3 is 15.6 Å². The number of nitrogens with zero attached hydrogens (tertiary/aromatic N) is 3. The van der Waals surface area contributed by atoms with Gasteiger partial charge in [-0.05, 0) is 49.4 Å². The standard InChI is InChI=1S/C20H23N5O3S/c21-17(27)8-9-25-19(12-4-5-12)23-24-20(25)29-11-16(26)14-6-7-15-13(10-14)2-1-3-18(28)22-15/h6-7,10,12H,1-5,8-9,11H2,(H2,21,27)(H,22,28). The van der Waals surface area contributed by atoms with Crippen molar-refractivity contribution in [1.82, 2.24) is 14.8 Å². The Morgan fingerprint density at radius 1 is 1.24 bits per heavy atom. The fraction of sp³-hybridized carbons (Fsp3) is 0.450. The Labute approximate surface area is 172 Å². The summed E-state index contributed by atoms with van der Waals surface area (Å²) in [5.74, 6) is 1.13. The second kappa shape index (κ2) is 8.36. The number of nitrogens with two attached hydrogens (primary N) is 1. The van der Waals surface area contributed by atoms with Gasteiger partial charge in [0.25, 0.3) is 0 Å². The van der Waals surface area contributed by atoms with Gasteiger partial charge in [0.2, 0.25) is 11.8 Å². The van der Waals surface area contributed by atoms with E-state index in [4.69, 9.17) is 5.73 Å². The molecule has 2 aromatic rings. The van der Waals surface area contributed by atoms with Gasteiger partial charge in [-0.25, -0.2) is 0 Å². The predicted octanol–water partition coefficient (Wildman–Crippen LogP) is 2.28. The molecule has 1 aromatic carbocycles. The Balaban J connectivity index is 1.45. The molecular weight excluding hydrogens is 390 g/mol. The maximum Gasteiger partial charge on any atom is 0.224 e. The summed E-state index contributed by atoms with van der Waals surface area (Å²) in [6.45, 7) is 0.434. The Hall–Kier alpha value is -2.68. The van der Waals surface area contributed by atoms with Gasteiger partial charge in [-0.2, -0.15) is 0 Å². The highest BCUT2D eigenvalue weighted by Crippen LogP contribution is 2.40. The Morgan fingerprint density at radius 3 is 2.83 bits per heavy atom. The highest BCUT2D eigenvalue weighted by molar-refractivity contribution is 7.99. The molecule has 8 nitrogen and oxygen atoms in total. The zero-order chi connectivity index (χ0) is 20.4. The fourth-order valence-corrected chi connectivity index (χ4v) is 4.31. The zero-order valence-corrected chi connectivity index (χ0v) is 16.8. The maximum atomic E-state index is 12.7.